The molecule has 0 bridgehead atoms. The van der Waals surface area contributed by atoms with E-state index in [2.05, 4.69) is 21.9 Å². The highest BCUT2D eigenvalue weighted by Gasteiger charge is 2.17. The highest BCUT2D eigenvalue weighted by Crippen LogP contribution is 2.15. The predicted octanol–water partition coefficient (Wildman–Crippen LogP) is 2.18. The third-order valence-electron chi connectivity index (χ3n) is 4.61. The Balaban J connectivity index is 1.37. The number of hydrogen-bond acceptors (Lipinski definition) is 5. The molecule has 8 heteroatoms. The maximum absolute atomic E-state index is 11.2. The van der Waals surface area contributed by atoms with Crippen LogP contribution in [0.15, 0.2) is 53.4 Å². The van der Waals surface area contributed by atoms with Gasteiger partial charge in [-0.15, -0.1) is 0 Å². The standard InChI is InChI=1S/C19H24ClN3O3S/c20-17-3-1-16(2-4-17)15-23-11-9-22(10-12-23)13-14-26-18-5-7-19(8-6-18)27(21,24)25/h1-8H,9-15H2,(H2,21,24,25). The summed E-state index contributed by atoms with van der Waals surface area (Å²) in [6.45, 7) is 6.38. The van der Waals surface area contributed by atoms with Gasteiger partial charge in [0.05, 0.1) is 4.90 Å². The molecular weight excluding hydrogens is 386 g/mol. The topological polar surface area (TPSA) is 75.9 Å². The number of nitrogens with zero attached hydrogens (tertiary/aromatic N) is 2. The fraction of sp³-hybridized carbons (Fsp3) is 0.368. The Labute approximate surface area is 165 Å². The molecule has 1 aliphatic heterocycles. The van der Waals surface area contributed by atoms with Crippen molar-refractivity contribution in [2.45, 2.75) is 11.4 Å². The molecule has 3 rings (SSSR count). The normalized spacial score (nSPS) is 16.4. The molecule has 1 heterocycles. The lowest BCUT2D eigenvalue weighted by atomic mass is 10.2. The second-order valence-corrected chi connectivity index (χ2v) is 8.61. The van der Waals surface area contributed by atoms with Gasteiger partial charge in [-0.2, -0.15) is 0 Å². The summed E-state index contributed by atoms with van der Waals surface area (Å²) in [5, 5.41) is 5.85. The summed E-state index contributed by atoms with van der Waals surface area (Å²) in [5.74, 6) is 0.642. The average Bonchev–Trinajstić information content (AvgIpc) is 2.65. The quantitative estimate of drug-likeness (QED) is 0.758. The van der Waals surface area contributed by atoms with Gasteiger partial charge in [0.25, 0.3) is 0 Å². The van der Waals surface area contributed by atoms with Crippen molar-refractivity contribution in [3.05, 3.63) is 59.1 Å². The van der Waals surface area contributed by atoms with E-state index < -0.39 is 10.0 Å². The van der Waals surface area contributed by atoms with Crippen molar-refractivity contribution in [2.24, 2.45) is 5.14 Å². The minimum absolute atomic E-state index is 0.0895. The largest absolute Gasteiger partial charge is 0.492 e. The zero-order valence-corrected chi connectivity index (χ0v) is 16.6. The maximum Gasteiger partial charge on any atom is 0.238 e. The van der Waals surface area contributed by atoms with Crippen LogP contribution in [0.4, 0.5) is 0 Å². The number of nitrogens with two attached hydrogens (primary N) is 1. The van der Waals surface area contributed by atoms with Crippen LogP contribution in [-0.2, 0) is 16.6 Å². The van der Waals surface area contributed by atoms with Crippen LogP contribution in [0.25, 0.3) is 0 Å². The van der Waals surface area contributed by atoms with Gasteiger partial charge in [-0.05, 0) is 42.0 Å². The van der Waals surface area contributed by atoms with Gasteiger partial charge in [0, 0.05) is 44.3 Å². The number of hydrogen-bond donors (Lipinski definition) is 1. The Morgan fingerprint density at radius 3 is 2.11 bits per heavy atom. The van der Waals surface area contributed by atoms with Crippen molar-refractivity contribution in [1.29, 1.82) is 0 Å². The summed E-state index contributed by atoms with van der Waals surface area (Å²) in [5.41, 5.74) is 1.28. The van der Waals surface area contributed by atoms with Crippen molar-refractivity contribution in [3.8, 4) is 5.75 Å². The molecule has 6 nitrogen and oxygen atoms in total. The number of halogens is 1. The SMILES string of the molecule is NS(=O)(=O)c1ccc(OCCN2CCN(Cc3ccc(Cl)cc3)CC2)cc1. The third kappa shape index (κ3) is 6.19. The summed E-state index contributed by atoms with van der Waals surface area (Å²) in [4.78, 5) is 4.90. The van der Waals surface area contributed by atoms with Gasteiger partial charge in [0.2, 0.25) is 10.0 Å². The van der Waals surface area contributed by atoms with Crippen LogP contribution in [0.2, 0.25) is 5.02 Å². The molecular formula is C19H24ClN3O3S. The maximum atomic E-state index is 11.2. The van der Waals surface area contributed by atoms with E-state index in [9.17, 15) is 8.42 Å². The Morgan fingerprint density at radius 2 is 1.52 bits per heavy atom. The molecule has 0 aliphatic carbocycles. The fourth-order valence-corrected chi connectivity index (χ4v) is 3.68. The average molecular weight is 410 g/mol. The van der Waals surface area contributed by atoms with Gasteiger partial charge in [0.1, 0.15) is 12.4 Å². The molecule has 0 radical (unpaired) electrons. The molecule has 2 aromatic carbocycles. The van der Waals surface area contributed by atoms with E-state index in [1.165, 1.54) is 17.7 Å². The molecule has 27 heavy (non-hydrogen) atoms. The van der Waals surface area contributed by atoms with Crippen molar-refractivity contribution < 1.29 is 13.2 Å². The number of piperazine rings is 1. The highest BCUT2D eigenvalue weighted by molar-refractivity contribution is 7.89. The Hall–Kier alpha value is -1.64. The van der Waals surface area contributed by atoms with Crippen LogP contribution >= 0.6 is 11.6 Å². The van der Waals surface area contributed by atoms with Crippen molar-refractivity contribution in [1.82, 2.24) is 9.80 Å². The van der Waals surface area contributed by atoms with E-state index in [1.54, 1.807) is 12.1 Å². The molecule has 0 spiro atoms. The molecule has 2 aromatic rings. The Morgan fingerprint density at radius 1 is 0.926 bits per heavy atom. The molecule has 0 aromatic heterocycles. The summed E-state index contributed by atoms with van der Waals surface area (Å²) < 4.78 is 28.2. The summed E-state index contributed by atoms with van der Waals surface area (Å²) in [7, 11) is -3.66. The van der Waals surface area contributed by atoms with E-state index >= 15 is 0 Å². The van der Waals surface area contributed by atoms with Crippen LogP contribution in [0.5, 0.6) is 5.75 Å². The third-order valence-corrected chi connectivity index (χ3v) is 5.79. The molecule has 1 fully saturated rings. The Kier molecular flexibility index (Phi) is 6.73. The minimum atomic E-state index is -3.66. The van der Waals surface area contributed by atoms with Crippen LogP contribution in [0.1, 0.15) is 5.56 Å². The zero-order valence-electron chi connectivity index (χ0n) is 15.1. The van der Waals surface area contributed by atoms with Crippen LogP contribution in [0.3, 0.4) is 0 Å². The second-order valence-electron chi connectivity index (χ2n) is 6.61. The van der Waals surface area contributed by atoms with Gasteiger partial charge in [-0.3, -0.25) is 9.80 Å². The van der Waals surface area contributed by atoms with E-state index in [0.29, 0.717) is 12.4 Å². The summed E-state index contributed by atoms with van der Waals surface area (Å²) in [6, 6.07) is 14.2. The summed E-state index contributed by atoms with van der Waals surface area (Å²) >= 11 is 5.93. The van der Waals surface area contributed by atoms with E-state index in [4.69, 9.17) is 21.5 Å². The highest BCUT2D eigenvalue weighted by atomic mass is 35.5. The molecule has 2 N–H and O–H groups in total. The van der Waals surface area contributed by atoms with Gasteiger partial charge in [-0.25, -0.2) is 13.6 Å². The first-order valence-electron chi connectivity index (χ1n) is 8.85. The first-order chi connectivity index (χ1) is 12.9. The monoisotopic (exact) mass is 409 g/mol. The summed E-state index contributed by atoms with van der Waals surface area (Å²) in [6.07, 6.45) is 0. The van der Waals surface area contributed by atoms with E-state index in [0.717, 1.165) is 44.3 Å². The lowest BCUT2D eigenvalue weighted by molar-refractivity contribution is 0.112. The first-order valence-corrected chi connectivity index (χ1v) is 10.8. The number of rotatable bonds is 7. The number of benzene rings is 2. The molecule has 146 valence electrons. The number of primary sulfonamides is 1. The first kappa shape index (κ1) is 20.1. The van der Waals surface area contributed by atoms with E-state index in [1.807, 2.05) is 12.1 Å². The number of ether oxygens (including phenoxy) is 1. The van der Waals surface area contributed by atoms with Crippen LogP contribution in [0, 0.1) is 0 Å². The van der Waals surface area contributed by atoms with Gasteiger partial charge >= 0.3 is 0 Å². The van der Waals surface area contributed by atoms with Gasteiger partial charge in [0.15, 0.2) is 0 Å². The zero-order chi connectivity index (χ0) is 19.3. The minimum Gasteiger partial charge on any atom is -0.492 e. The van der Waals surface area contributed by atoms with Crippen molar-refractivity contribution >= 4 is 21.6 Å². The van der Waals surface area contributed by atoms with Gasteiger partial charge < -0.3 is 4.74 Å². The van der Waals surface area contributed by atoms with E-state index in [-0.39, 0.29) is 4.90 Å². The van der Waals surface area contributed by atoms with Crippen molar-refractivity contribution in [2.75, 3.05) is 39.3 Å². The molecule has 0 amide bonds. The van der Waals surface area contributed by atoms with Crippen LogP contribution in [-0.4, -0.2) is 57.5 Å². The Bertz CT molecular complexity index is 834. The molecule has 0 unspecified atom stereocenters. The van der Waals surface area contributed by atoms with Crippen molar-refractivity contribution in [3.63, 3.8) is 0 Å². The lowest BCUT2D eigenvalue weighted by Gasteiger charge is -2.34. The molecule has 0 saturated carbocycles. The molecule has 1 saturated heterocycles. The van der Waals surface area contributed by atoms with Gasteiger partial charge in [-0.1, -0.05) is 23.7 Å². The smallest absolute Gasteiger partial charge is 0.238 e. The lowest BCUT2D eigenvalue weighted by Crippen LogP contribution is -2.47. The number of sulfonamides is 1. The molecule has 0 atom stereocenters. The second kappa shape index (κ2) is 9.03. The fourth-order valence-electron chi connectivity index (χ4n) is 3.04. The predicted molar refractivity (Wildman–Crippen MR) is 106 cm³/mol. The van der Waals surface area contributed by atoms with Crippen LogP contribution < -0.4 is 9.88 Å². The molecule has 1 aliphatic rings.